The molecule has 0 spiro atoms. The van der Waals surface area contributed by atoms with Crippen LogP contribution in [0.25, 0.3) is 34.4 Å². The van der Waals surface area contributed by atoms with Crippen LogP contribution in [0.2, 0.25) is 0 Å². The number of hydrogen-bond donors (Lipinski definition) is 3. The second-order valence-electron chi connectivity index (χ2n) is 19.9. The topological polar surface area (TPSA) is 104 Å². The molecule has 0 saturated heterocycles. The van der Waals surface area contributed by atoms with Crippen molar-refractivity contribution in [3.8, 4) is 22.3 Å². The Labute approximate surface area is 437 Å². The number of ether oxygens (including phenoxy) is 1. The number of aliphatic carboxylic acids is 1. The lowest BCUT2D eigenvalue weighted by molar-refractivity contribution is -0.140. The van der Waals surface area contributed by atoms with Gasteiger partial charge < -0.3 is 20.1 Å². The molecule has 0 unspecified atom stereocenters. The Balaban J connectivity index is 0.000000271. The first-order chi connectivity index (χ1) is 34.9. The largest absolute Gasteiger partial charge is 0.481 e. The first-order valence-electron chi connectivity index (χ1n) is 26.7. The van der Waals surface area contributed by atoms with E-state index in [1.165, 1.54) is 40.5 Å². The Morgan fingerprint density at radius 3 is 1.01 bits per heavy atom. The van der Waals surface area contributed by atoms with Crippen molar-refractivity contribution in [3.63, 3.8) is 0 Å². The third-order valence-corrected chi connectivity index (χ3v) is 16.0. The number of benzene rings is 6. The second kappa shape index (κ2) is 26.0. The third-order valence-electron chi connectivity index (χ3n) is 16.0. The summed E-state index contributed by atoms with van der Waals surface area (Å²) in [6.07, 6.45) is 15.2. The van der Waals surface area contributed by atoms with Gasteiger partial charge in [-0.05, 0) is 143 Å². The summed E-state index contributed by atoms with van der Waals surface area (Å²) < 4.78 is 4.77. The minimum atomic E-state index is -0.815. The van der Waals surface area contributed by atoms with Crippen molar-refractivity contribution < 1.29 is 29.6 Å². The number of aliphatic hydroxyl groups is 2. The smallest absolute Gasteiger partial charge is 0.309 e. The van der Waals surface area contributed by atoms with E-state index in [0.717, 1.165) is 70.2 Å². The molecule has 0 bridgehead atoms. The number of hydrogen-bond acceptors (Lipinski definition) is 5. The van der Waals surface area contributed by atoms with Crippen molar-refractivity contribution in [1.29, 1.82) is 0 Å². The molecule has 6 aromatic rings. The van der Waals surface area contributed by atoms with Gasteiger partial charge in [0, 0.05) is 10.8 Å². The molecule has 0 aliphatic rings. The average molecular weight is 983 g/mol. The van der Waals surface area contributed by atoms with E-state index in [0.29, 0.717) is 25.7 Å². The van der Waals surface area contributed by atoms with Crippen molar-refractivity contribution >= 4 is 24.1 Å². The summed E-state index contributed by atoms with van der Waals surface area (Å²) in [6, 6.07) is 47.1. The van der Waals surface area contributed by atoms with E-state index in [9.17, 15) is 19.8 Å². The number of esters is 1. The number of rotatable bonds is 22. The lowest BCUT2D eigenvalue weighted by Gasteiger charge is -2.34. The van der Waals surface area contributed by atoms with Gasteiger partial charge in [-0.3, -0.25) is 9.59 Å². The molecule has 0 aliphatic heterocycles. The molecular formula is C67H82O6. The Hall–Kier alpha value is -6.34. The van der Waals surface area contributed by atoms with Crippen LogP contribution in [0.1, 0.15) is 162 Å². The first-order valence-corrected chi connectivity index (χ1v) is 26.7. The highest BCUT2D eigenvalue weighted by atomic mass is 16.5. The molecule has 0 aromatic heterocycles. The van der Waals surface area contributed by atoms with Gasteiger partial charge >= 0.3 is 11.9 Å². The molecule has 73 heavy (non-hydrogen) atoms. The predicted octanol–water partition coefficient (Wildman–Crippen LogP) is 16.0. The van der Waals surface area contributed by atoms with Crippen LogP contribution in [-0.2, 0) is 38.0 Å². The van der Waals surface area contributed by atoms with E-state index in [-0.39, 0.29) is 29.6 Å². The van der Waals surface area contributed by atoms with Gasteiger partial charge in [-0.1, -0.05) is 213 Å². The molecule has 386 valence electrons. The van der Waals surface area contributed by atoms with Crippen LogP contribution < -0.4 is 0 Å². The standard InChI is InChI=1S/C34H42O3.C33H40O3/c1-7-33(36,8-2)22-21-27-15-20-31(23-25(27)5)34(9-3,10-4)30-18-16-29(17-19-30)28-13-11-26(12-14-28)24-32(35)37-6;1-6-32(36,7-2)21-20-26-14-19-30(22-24(26)5)33(8-3,9-4)29-17-15-28(16-18-29)27-12-10-25(11-13-27)23-31(34)35/h11-23,36H,7-10,24H2,1-6H3;10-22,36H,6-9,23H2,1-5H3,(H,34,35)/b22-21+;21-20+. The van der Waals surface area contributed by atoms with Crippen LogP contribution in [-0.4, -0.2) is 45.6 Å². The van der Waals surface area contributed by atoms with E-state index in [1.54, 1.807) is 0 Å². The Morgan fingerprint density at radius 1 is 0.438 bits per heavy atom. The van der Waals surface area contributed by atoms with Crippen LogP contribution in [0, 0.1) is 13.8 Å². The van der Waals surface area contributed by atoms with E-state index in [4.69, 9.17) is 9.84 Å². The van der Waals surface area contributed by atoms with Crippen molar-refractivity contribution in [2.45, 2.75) is 155 Å². The fraction of sp³-hybridized carbons (Fsp3) is 0.373. The summed E-state index contributed by atoms with van der Waals surface area (Å²) in [5, 5.41) is 30.3. The van der Waals surface area contributed by atoms with E-state index in [1.807, 2.05) is 76.2 Å². The summed E-state index contributed by atoms with van der Waals surface area (Å²) in [5.74, 6) is -1.04. The normalized spacial score (nSPS) is 12.2. The zero-order chi connectivity index (χ0) is 53.4. The zero-order valence-corrected chi connectivity index (χ0v) is 45.6. The molecule has 0 saturated carbocycles. The van der Waals surface area contributed by atoms with E-state index < -0.39 is 17.2 Å². The SMILES string of the molecule is CCC(O)(/C=C/c1ccc(C(CC)(CC)c2ccc(-c3ccc(CC(=O)O)cc3)cc2)cc1C)CC.CCC(O)(/C=C/c1ccc(C(CC)(CC)c2ccc(-c3ccc(CC(=O)OC)cc3)cc2)cc1C)CC. The summed E-state index contributed by atoms with van der Waals surface area (Å²) in [4.78, 5) is 22.5. The molecular weight excluding hydrogens is 901 g/mol. The molecule has 0 aliphatic carbocycles. The summed E-state index contributed by atoms with van der Waals surface area (Å²) in [6.45, 7) is 21.4. The quantitative estimate of drug-likeness (QED) is 0.0586. The van der Waals surface area contributed by atoms with Crippen molar-refractivity contribution in [2.24, 2.45) is 0 Å². The molecule has 0 amide bonds. The van der Waals surface area contributed by atoms with Crippen molar-refractivity contribution in [1.82, 2.24) is 0 Å². The Kier molecular flexibility index (Phi) is 20.5. The number of carboxylic acids is 1. The highest BCUT2D eigenvalue weighted by molar-refractivity contribution is 5.74. The van der Waals surface area contributed by atoms with Crippen LogP contribution in [0.15, 0.2) is 146 Å². The average Bonchev–Trinajstić information content (AvgIpc) is 3.42. The minimum absolute atomic E-state index is 0.0425. The highest BCUT2D eigenvalue weighted by Gasteiger charge is 2.32. The molecule has 6 nitrogen and oxygen atoms in total. The maximum atomic E-state index is 11.5. The summed E-state index contributed by atoms with van der Waals surface area (Å²) in [7, 11) is 1.41. The van der Waals surface area contributed by atoms with Gasteiger partial charge in [0.1, 0.15) is 0 Å². The molecule has 0 radical (unpaired) electrons. The second-order valence-corrected chi connectivity index (χ2v) is 19.9. The van der Waals surface area contributed by atoms with Crippen molar-refractivity contribution in [2.75, 3.05) is 7.11 Å². The molecule has 6 rings (SSSR count). The van der Waals surface area contributed by atoms with Crippen LogP contribution >= 0.6 is 0 Å². The van der Waals surface area contributed by atoms with Crippen LogP contribution in [0.5, 0.6) is 0 Å². The Morgan fingerprint density at radius 2 is 0.740 bits per heavy atom. The molecule has 6 heteroatoms. The Bertz CT molecular complexity index is 2760. The van der Waals surface area contributed by atoms with Gasteiger partial charge in [0.25, 0.3) is 0 Å². The molecule has 0 atom stereocenters. The lowest BCUT2D eigenvalue weighted by atomic mass is 9.70. The summed E-state index contributed by atoms with van der Waals surface area (Å²) in [5.41, 5.74) is 14.6. The fourth-order valence-electron chi connectivity index (χ4n) is 10.3. The van der Waals surface area contributed by atoms with Gasteiger partial charge in [-0.2, -0.15) is 0 Å². The molecule has 0 heterocycles. The van der Waals surface area contributed by atoms with Crippen LogP contribution in [0.4, 0.5) is 0 Å². The number of methoxy groups -OCH3 is 1. The zero-order valence-electron chi connectivity index (χ0n) is 45.6. The molecule has 0 fully saturated rings. The fourth-order valence-corrected chi connectivity index (χ4v) is 10.3. The highest BCUT2D eigenvalue weighted by Crippen LogP contribution is 2.42. The first kappa shape index (κ1) is 57.6. The number of carbonyl (C=O) groups is 2. The summed E-state index contributed by atoms with van der Waals surface area (Å²) >= 11 is 0. The lowest BCUT2D eigenvalue weighted by Crippen LogP contribution is -2.26. The molecule has 6 aromatic carbocycles. The van der Waals surface area contributed by atoms with Crippen molar-refractivity contribution in [3.05, 3.63) is 201 Å². The molecule has 3 N–H and O–H groups in total. The number of aryl methyl sites for hydroxylation is 2. The predicted molar refractivity (Wildman–Crippen MR) is 305 cm³/mol. The maximum absolute atomic E-state index is 11.5. The van der Waals surface area contributed by atoms with Crippen LogP contribution in [0.3, 0.4) is 0 Å². The number of carbonyl (C=O) groups excluding carboxylic acids is 1. The van der Waals surface area contributed by atoms with Gasteiger partial charge in [-0.15, -0.1) is 0 Å². The van der Waals surface area contributed by atoms with Gasteiger partial charge in [0.05, 0.1) is 31.2 Å². The third kappa shape index (κ3) is 14.0. The maximum Gasteiger partial charge on any atom is 0.309 e. The van der Waals surface area contributed by atoms with Gasteiger partial charge in [0.2, 0.25) is 0 Å². The number of carboxylic acid groups (broad SMARTS) is 1. The minimum Gasteiger partial charge on any atom is -0.481 e. The van der Waals surface area contributed by atoms with Gasteiger partial charge in [-0.25, -0.2) is 0 Å². The van der Waals surface area contributed by atoms with Gasteiger partial charge in [0.15, 0.2) is 0 Å². The monoisotopic (exact) mass is 983 g/mol. The van der Waals surface area contributed by atoms with E-state index >= 15 is 0 Å². The van der Waals surface area contributed by atoms with E-state index in [2.05, 4.69) is 151 Å².